The molecule has 2 heterocycles. The predicted molar refractivity (Wildman–Crippen MR) is 119 cm³/mol. The molecule has 1 aromatic rings. The summed E-state index contributed by atoms with van der Waals surface area (Å²) in [5.74, 6) is -0.914. The molecule has 3 aliphatic rings. The lowest BCUT2D eigenvalue weighted by atomic mass is 9.79. The molecule has 4 rings (SSSR count). The summed E-state index contributed by atoms with van der Waals surface area (Å²) >= 11 is 0. The number of halogens is 1. The van der Waals surface area contributed by atoms with Gasteiger partial charge in [0.05, 0.1) is 24.0 Å². The zero-order valence-electron chi connectivity index (χ0n) is 18.6. The van der Waals surface area contributed by atoms with Gasteiger partial charge in [0.2, 0.25) is 15.9 Å². The molecule has 32 heavy (non-hydrogen) atoms. The van der Waals surface area contributed by atoms with E-state index in [0.29, 0.717) is 25.9 Å². The molecule has 9 heteroatoms. The van der Waals surface area contributed by atoms with Crippen LogP contribution in [0.4, 0.5) is 4.39 Å². The second-order valence-electron chi connectivity index (χ2n) is 9.26. The van der Waals surface area contributed by atoms with Gasteiger partial charge in [0, 0.05) is 38.3 Å². The Morgan fingerprint density at radius 2 is 1.75 bits per heavy atom. The van der Waals surface area contributed by atoms with E-state index < -0.39 is 15.8 Å². The van der Waals surface area contributed by atoms with Gasteiger partial charge in [-0.3, -0.25) is 9.69 Å². The minimum Gasteiger partial charge on any atom is -0.379 e. The van der Waals surface area contributed by atoms with Crippen molar-refractivity contribution < 1.29 is 22.3 Å². The van der Waals surface area contributed by atoms with Crippen LogP contribution < -0.4 is 5.32 Å². The summed E-state index contributed by atoms with van der Waals surface area (Å²) < 4.78 is 46.1. The second-order valence-corrected chi connectivity index (χ2v) is 11.2. The van der Waals surface area contributed by atoms with Gasteiger partial charge in [0.1, 0.15) is 5.82 Å². The Kier molecular flexibility index (Phi) is 7.49. The number of hydrogen-bond acceptors (Lipinski definition) is 5. The van der Waals surface area contributed by atoms with Crippen LogP contribution in [0.25, 0.3) is 0 Å². The molecule has 1 aliphatic carbocycles. The molecule has 2 aliphatic heterocycles. The first-order valence-electron chi connectivity index (χ1n) is 11.8. The minimum atomic E-state index is -3.75. The first kappa shape index (κ1) is 23.6. The van der Waals surface area contributed by atoms with E-state index in [1.165, 1.54) is 35.7 Å². The van der Waals surface area contributed by atoms with E-state index in [-0.39, 0.29) is 28.8 Å². The number of nitrogens with zero attached hydrogens (tertiary/aromatic N) is 2. The predicted octanol–water partition coefficient (Wildman–Crippen LogP) is 2.38. The molecule has 7 nitrogen and oxygen atoms in total. The Labute approximate surface area is 190 Å². The molecular formula is C23H34FN3O4S. The van der Waals surface area contributed by atoms with Crippen LogP contribution in [-0.4, -0.2) is 75.0 Å². The number of rotatable bonds is 6. The zero-order chi connectivity index (χ0) is 22.6. The van der Waals surface area contributed by atoms with Crippen LogP contribution in [0.2, 0.25) is 0 Å². The maximum Gasteiger partial charge on any atom is 0.243 e. The van der Waals surface area contributed by atoms with Crippen LogP contribution >= 0.6 is 0 Å². The summed E-state index contributed by atoms with van der Waals surface area (Å²) in [4.78, 5) is 15.6. The molecule has 178 valence electrons. The second kappa shape index (κ2) is 10.2. The summed E-state index contributed by atoms with van der Waals surface area (Å²) in [6.45, 7) is 4.39. The highest BCUT2D eigenvalue weighted by Gasteiger charge is 2.40. The van der Waals surface area contributed by atoms with Crippen molar-refractivity contribution in [3.05, 3.63) is 30.1 Å². The Balaban J connectivity index is 1.40. The SMILES string of the molecule is O=C(NCC1(N2CCOCC2)CCCCC1)[C@H]1CCCN(S(=O)(=O)c2ccc(F)cc2)C1. The molecular weight excluding hydrogens is 433 g/mol. The van der Waals surface area contributed by atoms with Gasteiger partial charge in [-0.25, -0.2) is 12.8 Å². The van der Waals surface area contributed by atoms with E-state index in [2.05, 4.69) is 10.2 Å². The quantitative estimate of drug-likeness (QED) is 0.695. The molecule has 3 fully saturated rings. The number of morpholine rings is 1. The van der Waals surface area contributed by atoms with Gasteiger partial charge < -0.3 is 10.1 Å². The molecule has 0 bridgehead atoms. The molecule has 1 saturated carbocycles. The average Bonchev–Trinajstić information content (AvgIpc) is 2.84. The molecule has 0 aromatic heterocycles. The lowest BCUT2D eigenvalue weighted by Gasteiger charge is -2.48. The largest absolute Gasteiger partial charge is 0.379 e. The van der Waals surface area contributed by atoms with Gasteiger partial charge in [0.15, 0.2) is 0 Å². The van der Waals surface area contributed by atoms with Crippen LogP contribution in [0.1, 0.15) is 44.9 Å². The summed E-state index contributed by atoms with van der Waals surface area (Å²) in [7, 11) is -3.75. The van der Waals surface area contributed by atoms with Crippen molar-refractivity contribution in [2.45, 2.75) is 55.4 Å². The standard InChI is InChI=1S/C23H34FN3O4S/c24-20-6-8-21(9-7-20)32(29,30)27-12-4-5-19(17-27)22(28)25-18-23(10-2-1-3-11-23)26-13-15-31-16-14-26/h6-9,19H,1-5,10-18H2,(H,25,28)/t19-/m0/s1. The lowest BCUT2D eigenvalue weighted by molar-refractivity contribution is -0.127. The van der Waals surface area contributed by atoms with Gasteiger partial charge in [0.25, 0.3) is 0 Å². The number of ether oxygens (including phenoxy) is 1. The monoisotopic (exact) mass is 467 g/mol. The Hall–Kier alpha value is -1.55. The summed E-state index contributed by atoms with van der Waals surface area (Å²) in [5, 5.41) is 3.19. The van der Waals surface area contributed by atoms with Crippen LogP contribution in [0.3, 0.4) is 0 Å². The van der Waals surface area contributed by atoms with Gasteiger partial charge in [-0.2, -0.15) is 4.31 Å². The average molecular weight is 468 g/mol. The van der Waals surface area contributed by atoms with Crippen molar-refractivity contribution in [2.75, 3.05) is 45.9 Å². The van der Waals surface area contributed by atoms with Crippen molar-refractivity contribution in [3.8, 4) is 0 Å². The third kappa shape index (κ3) is 5.16. The van der Waals surface area contributed by atoms with Crippen molar-refractivity contribution >= 4 is 15.9 Å². The van der Waals surface area contributed by atoms with Crippen LogP contribution in [0.15, 0.2) is 29.2 Å². The first-order chi connectivity index (χ1) is 15.4. The number of piperidine rings is 1. The topological polar surface area (TPSA) is 79.0 Å². The highest BCUT2D eigenvalue weighted by Crippen LogP contribution is 2.34. The first-order valence-corrected chi connectivity index (χ1v) is 13.2. The van der Waals surface area contributed by atoms with Crippen LogP contribution in [0.5, 0.6) is 0 Å². The maximum atomic E-state index is 13.2. The number of nitrogens with one attached hydrogen (secondary N) is 1. The molecule has 1 atom stereocenters. The van der Waals surface area contributed by atoms with Gasteiger partial charge in [-0.05, 0) is 49.9 Å². The van der Waals surface area contributed by atoms with Gasteiger partial charge in [-0.15, -0.1) is 0 Å². The Bertz CT molecular complexity index is 881. The third-order valence-electron chi connectivity index (χ3n) is 7.26. The fourth-order valence-corrected chi connectivity index (χ4v) is 6.90. The van der Waals surface area contributed by atoms with E-state index in [4.69, 9.17) is 4.74 Å². The molecule has 1 N–H and O–H groups in total. The number of carbonyl (C=O) groups is 1. The van der Waals surface area contributed by atoms with E-state index in [1.807, 2.05) is 0 Å². The molecule has 0 radical (unpaired) electrons. The highest BCUT2D eigenvalue weighted by atomic mass is 32.2. The molecule has 0 spiro atoms. The maximum absolute atomic E-state index is 13.2. The number of hydrogen-bond donors (Lipinski definition) is 1. The third-order valence-corrected chi connectivity index (χ3v) is 9.14. The highest BCUT2D eigenvalue weighted by molar-refractivity contribution is 7.89. The number of carbonyl (C=O) groups excluding carboxylic acids is 1. The van der Waals surface area contributed by atoms with Crippen molar-refractivity contribution in [1.29, 1.82) is 0 Å². The van der Waals surface area contributed by atoms with Gasteiger partial charge in [-0.1, -0.05) is 19.3 Å². The van der Waals surface area contributed by atoms with E-state index in [0.717, 1.165) is 51.3 Å². The van der Waals surface area contributed by atoms with Crippen LogP contribution in [0, 0.1) is 11.7 Å². The smallest absolute Gasteiger partial charge is 0.243 e. The molecule has 1 amide bonds. The number of amides is 1. The summed E-state index contributed by atoms with van der Waals surface area (Å²) in [5.41, 5.74) is -0.0216. The number of sulfonamides is 1. The molecule has 0 unspecified atom stereocenters. The fourth-order valence-electron chi connectivity index (χ4n) is 5.38. The van der Waals surface area contributed by atoms with Crippen molar-refractivity contribution in [3.63, 3.8) is 0 Å². The number of benzene rings is 1. The van der Waals surface area contributed by atoms with E-state index in [1.54, 1.807) is 0 Å². The molecule has 2 saturated heterocycles. The summed E-state index contributed by atoms with van der Waals surface area (Å²) in [6.07, 6.45) is 7.02. The van der Waals surface area contributed by atoms with E-state index in [9.17, 15) is 17.6 Å². The zero-order valence-corrected chi connectivity index (χ0v) is 19.4. The van der Waals surface area contributed by atoms with Crippen LogP contribution in [-0.2, 0) is 19.6 Å². The molecule has 1 aromatic carbocycles. The minimum absolute atomic E-state index is 0.0216. The van der Waals surface area contributed by atoms with Crippen molar-refractivity contribution in [1.82, 2.24) is 14.5 Å². The van der Waals surface area contributed by atoms with E-state index >= 15 is 0 Å². The fraction of sp³-hybridized carbons (Fsp3) is 0.696. The Morgan fingerprint density at radius 3 is 2.44 bits per heavy atom. The Morgan fingerprint density at radius 1 is 1.06 bits per heavy atom. The lowest BCUT2D eigenvalue weighted by Crippen LogP contribution is -2.60. The summed E-state index contributed by atoms with van der Waals surface area (Å²) in [6, 6.07) is 4.86. The van der Waals surface area contributed by atoms with Crippen molar-refractivity contribution in [2.24, 2.45) is 5.92 Å². The van der Waals surface area contributed by atoms with Gasteiger partial charge >= 0.3 is 0 Å². The normalized spacial score (nSPS) is 25.3.